The van der Waals surface area contributed by atoms with Gasteiger partial charge >= 0.3 is 11.4 Å². The van der Waals surface area contributed by atoms with Gasteiger partial charge in [-0.25, -0.2) is 23.8 Å². The van der Waals surface area contributed by atoms with E-state index in [1.54, 1.807) is 18.5 Å². The van der Waals surface area contributed by atoms with Crippen LogP contribution in [0, 0.1) is 0 Å². The van der Waals surface area contributed by atoms with E-state index in [1.807, 2.05) is 0 Å². The van der Waals surface area contributed by atoms with Crippen molar-refractivity contribution in [2.75, 3.05) is 0 Å². The van der Waals surface area contributed by atoms with Gasteiger partial charge in [0.25, 0.3) is 5.95 Å². The molecule has 2 N–H and O–H groups in total. The van der Waals surface area contributed by atoms with Crippen molar-refractivity contribution < 1.29 is 4.52 Å². The summed E-state index contributed by atoms with van der Waals surface area (Å²) in [7, 11) is 0. The second-order valence-electron chi connectivity index (χ2n) is 3.18. The molecule has 17 heavy (non-hydrogen) atoms. The van der Waals surface area contributed by atoms with Crippen LogP contribution in [-0.2, 0) is 0 Å². The lowest BCUT2D eigenvalue weighted by atomic mass is 10.5. The number of nitrogens with one attached hydrogen (secondary N) is 2. The van der Waals surface area contributed by atoms with Gasteiger partial charge in [0.2, 0.25) is 0 Å². The van der Waals surface area contributed by atoms with Crippen molar-refractivity contribution in [3.8, 4) is 11.6 Å². The Morgan fingerprint density at radius 2 is 2.24 bits per heavy atom. The highest BCUT2D eigenvalue weighted by atomic mass is 16.5. The van der Waals surface area contributed by atoms with Crippen molar-refractivity contribution in [3.63, 3.8) is 0 Å². The van der Waals surface area contributed by atoms with Crippen molar-refractivity contribution in [3.05, 3.63) is 45.8 Å². The van der Waals surface area contributed by atoms with Crippen LogP contribution in [0.4, 0.5) is 0 Å². The van der Waals surface area contributed by atoms with Gasteiger partial charge in [-0.3, -0.25) is 4.52 Å². The predicted molar refractivity (Wildman–Crippen MR) is 54.2 cm³/mol. The van der Waals surface area contributed by atoms with E-state index >= 15 is 0 Å². The number of nitrogens with zero attached hydrogens (tertiary/aromatic N) is 4. The zero-order chi connectivity index (χ0) is 11.8. The van der Waals surface area contributed by atoms with Gasteiger partial charge in [0.1, 0.15) is 6.33 Å². The highest BCUT2D eigenvalue weighted by Gasteiger charge is 2.16. The molecule has 0 spiro atoms. The van der Waals surface area contributed by atoms with Gasteiger partial charge in [0.15, 0.2) is 0 Å². The fraction of sp³-hybridized carbons (Fsp3) is 0. The molecule has 0 bridgehead atoms. The minimum atomic E-state index is -0.687. The maximum absolute atomic E-state index is 11.5. The van der Waals surface area contributed by atoms with Crippen molar-refractivity contribution in [1.82, 2.24) is 29.5 Å². The molecule has 0 aliphatic rings. The van der Waals surface area contributed by atoms with Crippen molar-refractivity contribution in [1.29, 1.82) is 0 Å². The van der Waals surface area contributed by atoms with Gasteiger partial charge in [0, 0.05) is 12.4 Å². The summed E-state index contributed by atoms with van der Waals surface area (Å²) in [5.74, 6) is -0.652. The lowest BCUT2D eigenvalue weighted by Gasteiger charge is -1.99. The first-order valence-corrected chi connectivity index (χ1v) is 4.61. The first-order chi connectivity index (χ1) is 8.27. The molecular weight excluding hydrogens is 228 g/mol. The summed E-state index contributed by atoms with van der Waals surface area (Å²) in [5.41, 5.74) is 0.00179. The molecule has 3 heterocycles. The lowest BCUT2D eigenvalue weighted by Crippen LogP contribution is -2.21. The summed E-state index contributed by atoms with van der Waals surface area (Å²) in [6, 6.07) is 1.65. The van der Waals surface area contributed by atoms with E-state index in [0.29, 0.717) is 5.69 Å². The molecule has 0 aliphatic heterocycles. The van der Waals surface area contributed by atoms with Crippen molar-refractivity contribution >= 4 is 0 Å². The number of aromatic nitrogens is 6. The second kappa shape index (κ2) is 3.33. The van der Waals surface area contributed by atoms with Gasteiger partial charge in [-0.2, -0.15) is 5.10 Å². The molecule has 0 atom stereocenters. The SMILES string of the molecule is O=c1[nH]ncn1-c1noc(=O)n1-c1cc[nH]c1. The van der Waals surface area contributed by atoms with Crippen LogP contribution in [-0.4, -0.2) is 29.5 Å². The number of aromatic amines is 2. The zero-order valence-corrected chi connectivity index (χ0v) is 8.32. The molecule has 0 saturated carbocycles. The Kier molecular flexibility index (Phi) is 1.84. The lowest BCUT2D eigenvalue weighted by molar-refractivity contribution is 0.381. The fourth-order valence-electron chi connectivity index (χ4n) is 1.46. The molecule has 86 valence electrons. The molecule has 0 amide bonds. The van der Waals surface area contributed by atoms with Crippen LogP contribution >= 0.6 is 0 Å². The number of H-pyrrole nitrogens is 2. The van der Waals surface area contributed by atoms with Crippen LogP contribution in [0.1, 0.15) is 0 Å². The molecule has 0 aliphatic carbocycles. The van der Waals surface area contributed by atoms with Crippen LogP contribution in [0.3, 0.4) is 0 Å². The quantitative estimate of drug-likeness (QED) is 0.591. The minimum absolute atomic E-state index is 0.0355. The summed E-state index contributed by atoms with van der Waals surface area (Å²) in [4.78, 5) is 25.7. The molecule has 9 heteroatoms. The Hall–Kier alpha value is -2.84. The van der Waals surface area contributed by atoms with E-state index in [0.717, 1.165) is 9.13 Å². The zero-order valence-electron chi connectivity index (χ0n) is 8.32. The monoisotopic (exact) mass is 234 g/mol. The second-order valence-corrected chi connectivity index (χ2v) is 3.18. The average Bonchev–Trinajstić information content (AvgIpc) is 2.98. The Labute approximate surface area is 92.3 Å². The Balaban J connectivity index is 2.31. The van der Waals surface area contributed by atoms with E-state index < -0.39 is 11.4 Å². The Morgan fingerprint density at radius 1 is 1.35 bits per heavy atom. The first kappa shape index (κ1) is 9.39. The largest absolute Gasteiger partial charge is 0.447 e. The van der Waals surface area contributed by atoms with Gasteiger partial charge in [-0.05, 0) is 11.2 Å². The molecule has 3 aromatic rings. The fourth-order valence-corrected chi connectivity index (χ4v) is 1.46. The summed E-state index contributed by atoms with van der Waals surface area (Å²) in [6.07, 6.45) is 4.42. The van der Waals surface area contributed by atoms with Gasteiger partial charge < -0.3 is 4.98 Å². The third-order valence-corrected chi connectivity index (χ3v) is 2.20. The number of hydrogen-bond donors (Lipinski definition) is 2. The standard InChI is InChI=1S/C8H6N6O3/c15-7-11-10-4-13(7)6-12-17-8(16)14(6)5-1-2-9-3-5/h1-4,9H,(H,11,15). The van der Waals surface area contributed by atoms with Crippen molar-refractivity contribution in [2.24, 2.45) is 0 Å². The molecular formula is C8H6N6O3. The van der Waals surface area contributed by atoms with Crippen molar-refractivity contribution in [2.45, 2.75) is 0 Å². The number of hydrogen-bond acceptors (Lipinski definition) is 5. The number of rotatable bonds is 2. The Morgan fingerprint density at radius 3 is 2.88 bits per heavy atom. The van der Waals surface area contributed by atoms with Gasteiger partial charge in [0.05, 0.1) is 5.69 Å². The van der Waals surface area contributed by atoms with E-state index in [-0.39, 0.29) is 5.95 Å². The maximum Gasteiger partial charge on any atom is 0.447 e. The van der Waals surface area contributed by atoms with Gasteiger partial charge in [-0.1, -0.05) is 0 Å². The normalized spacial score (nSPS) is 10.8. The molecule has 0 fully saturated rings. The molecule has 9 nitrogen and oxygen atoms in total. The van der Waals surface area contributed by atoms with Crippen LogP contribution in [0.15, 0.2) is 38.9 Å². The summed E-state index contributed by atoms with van der Waals surface area (Å²) in [6.45, 7) is 0. The molecule has 0 saturated heterocycles. The molecule has 0 unspecified atom stereocenters. The van der Waals surface area contributed by atoms with Crippen LogP contribution in [0.25, 0.3) is 11.6 Å². The molecule has 0 radical (unpaired) electrons. The summed E-state index contributed by atoms with van der Waals surface area (Å²) >= 11 is 0. The van der Waals surface area contributed by atoms with E-state index in [2.05, 4.69) is 24.9 Å². The highest BCUT2D eigenvalue weighted by Crippen LogP contribution is 2.07. The average molecular weight is 234 g/mol. The first-order valence-electron chi connectivity index (χ1n) is 4.61. The predicted octanol–water partition coefficient (Wildman–Crippen LogP) is -0.972. The summed E-state index contributed by atoms with van der Waals surface area (Å²) in [5, 5.41) is 9.29. The third kappa shape index (κ3) is 1.33. The van der Waals surface area contributed by atoms with E-state index in [1.165, 1.54) is 6.33 Å². The minimum Gasteiger partial charge on any atom is -0.366 e. The topological polar surface area (TPSA) is 114 Å². The third-order valence-electron chi connectivity index (χ3n) is 2.20. The molecule has 0 aromatic carbocycles. The van der Waals surface area contributed by atoms with Crippen LogP contribution < -0.4 is 11.4 Å². The van der Waals surface area contributed by atoms with Crippen LogP contribution in [0.2, 0.25) is 0 Å². The highest BCUT2D eigenvalue weighted by molar-refractivity contribution is 5.32. The van der Waals surface area contributed by atoms with Gasteiger partial charge in [-0.15, -0.1) is 0 Å². The molecule has 3 rings (SSSR count). The maximum atomic E-state index is 11.5. The Bertz CT molecular complexity index is 743. The van der Waals surface area contributed by atoms with E-state index in [4.69, 9.17) is 0 Å². The smallest absolute Gasteiger partial charge is 0.366 e. The molecule has 3 aromatic heterocycles. The van der Waals surface area contributed by atoms with E-state index in [9.17, 15) is 9.59 Å². The van der Waals surface area contributed by atoms with Crippen LogP contribution in [0.5, 0.6) is 0 Å². The summed E-state index contributed by atoms with van der Waals surface area (Å²) < 4.78 is 6.75.